The molecule has 0 bridgehead atoms. The van der Waals surface area contributed by atoms with Crippen molar-refractivity contribution in [1.82, 2.24) is 0 Å². The van der Waals surface area contributed by atoms with Crippen LogP contribution in [0.5, 0.6) is 11.5 Å². The van der Waals surface area contributed by atoms with Crippen molar-refractivity contribution in [2.45, 2.75) is 13.5 Å². The summed E-state index contributed by atoms with van der Waals surface area (Å²) in [5, 5.41) is 20.5. The summed E-state index contributed by atoms with van der Waals surface area (Å²) in [5.41, 5.74) is 3.68. The van der Waals surface area contributed by atoms with Crippen LogP contribution >= 0.6 is 0 Å². The summed E-state index contributed by atoms with van der Waals surface area (Å²) in [5.74, 6) is 1.12. The Kier molecular flexibility index (Phi) is 6.46. The van der Waals surface area contributed by atoms with Gasteiger partial charge in [0.1, 0.15) is 6.61 Å². The third kappa shape index (κ3) is 5.03. The molecule has 0 saturated carbocycles. The molecule has 6 nitrogen and oxygen atoms in total. The van der Waals surface area contributed by atoms with Crippen molar-refractivity contribution in [2.75, 3.05) is 7.11 Å². The van der Waals surface area contributed by atoms with Crippen LogP contribution in [0.3, 0.4) is 0 Å². The van der Waals surface area contributed by atoms with Crippen molar-refractivity contribution in [1.29, 1.82) is 5.26 Å². The molecular weight excluding hydrogens is 380 g/mol. The van der Waals surface area contributed by atoms with Crippen molar-refractivity contribution < 1.29 is 14.4 Å². The number of nitrogens with zero attached hydrogens (tertiary/aromatic N) is 2. The molecule has 0 N–H and O–H groups in total. The van der Waals surface area contributed by atoms with Gasteiger partial charge in [0.05, 0.1) is 23.7 Å². The molecule has 0 aliphatic rings. The molecule has 6 heteroatoms. The predicted molar refractivity (Wildman–Crippen MR) is 115 cm³/mol. The first-order valence-electron chi connectivity index (χ1n) is 9.23. The molecule has 3 rings (SSSR count). The van der Waals surface area contributed by atoms with Gasteiger partial charge < -0.3 is 9.47 Å². The number of nitro groups is 1. The number of ether oxygens (including phenoxy) is 2. The van der Waals surface area contributed by atoms with E-state index < -0.39 is 4.92 Å². The van der Waals surface area contributed by atoms with Crippen LogP contribution in [0, 0.1) is 28.4 Å². The molecule has 150 valence electrons. The van der Waals surface area contributed by atoms with E-state index in [2.05, 4.69) is 6.07 Å². The van der Waals surface area contributed by atoms with Crippen molar-refractivity contribution in [3.63, 3.8) is 0 Å². The zero-order valence-electron chi connectivity index (χ0n) is 16.7. The van der Waals surface area contributed by atoms with Crippen LogP contribution in [0.25, 0.3) is 11.6 Å². The summed E-state index contributed by atoms with van der Waals surface area (Å²) in [4.78, 5) is 10.5. The Morgan fingerprint density at radius 1 is 1.10 bits per heavy atom. The lowest BCUT2D eigenvalue weighted by Gasteiger charge is -2.12. The minimum atomic E-state index is -0.484. The van der Waals surface area contributed by atoms with Crippen molar-refractivity contribution in [3.8, 4) is 17.6 Å². The molecule has 0 spiro atoms. The Hall–Kier alpha value is -4.11. The number of benzene rings is 3. The number of non-ortho nitro benzene ring substituents is 1. The smallest absolute Gasteiger partial charge is 0.270 e. The van der Waals surface area contributed by atoms with Gasteiger partial charge in [0.2, 0.25) is 0 Å². The maximum Gasteiger partial charge on any atom is 0.270 e. The largest absolute Gasteiger partial charge is 0.493 e. The third-order valence-electron chi connectivity index (χ3n) is 4.50. The molecule has 0 heterocycles. The van der Waals surface area contributed by atoms with Crippen molar-refractivity contribution in [2.24, 2.45) is 0 Å². The molecule has 0 radical (unpaired) electrons. The lowest BCUT2D eigenvalue weighted by molar-refractivity contribution is -0.384. The van der Waals surface area contributed by atoms with Gasteiger partial charge in [-0.3, -0.25) is 10.1 Å². The number of hydrogen-bond donors (Lipinski definition) is 0. The highest BCUT2D eigenvalue weighted by Crippen LogP contribution is 2.31. The van der Waals surface area contributed by atoms with Gasteiger partial charge in [-0.25, -0.2) is 0 Å². The minimum Gasteiger partial charge on any atom is -0.493 e. The highest BCUT2D eigenvalue weighted by atomic mass is 16.6. The quantitative estimate of drug-likeness (QED) is 0.224. The van der Waals surface area contributed by atoms with Crippen molar-refractivity contribution >= 4 is 17.3 Å². The molecule has 3 aromatic carbocycles. The van der Waals surface area contributed by atoms with Gasteiger partial charge in [-0.1, -0.05) is 48.0 Å². The summed E-state index contributed by atoms with van der Waals surface area (Å²) < 4.78 is 11.3. The SMILES string of the molecule is COc1cc(/C=C(/C#N)c2cccc([N+](=O)[O-])c2)ccc1OCc1ccc(C)cc1. The molecule has 3 aromatic rings. The Morgan fingerprint density at radius 3 is 2.53 bits per heavy atom. The lowest BCUT2D eigenvalue weighted by atomic mass is 10.0. The van der Waals surface area contributed by atoms with E-state index in [4.69, 9.17) is 9.47 Å². The van der Waals surface area contributed by atoms with Gasteiger partial charge in [0, 0.05) is 12.1 Å². The maximum atomic E-state index is 11.0. The molecule has 0 aliphatic heterocycles. The Labute approximate surface area is 174 Å². The number of methoxy groups -OCH3 is 1. The first-order valence-corrected chi connectivity index (χ1v) is 9.23. The van der Waals surface area contributed by atoms with E-state index in [1.165, 1.54) is 17.7 Å². The molecule has 0 saturated heterocycles. The van der Waals surface area contributed by atoms with Gasteiger partial charge in [0.25, 0.3) is 5.69 Å². The number of nitriles is 1. The lowest BCUT2D eigenvalue weighted by Crippen LogP contribution is -1.98. The fraction of sp³-hybridized carbons (Fsp3) is 0.125. The van der Waals surface area contributed by atoms with E-state index in [0.29, 0.717) is 29.2 Å². The highest BCUT2D eigenvalue weighted by Gasteiger charge is 2.10. The Balaban J connectivity index is 1.84. The first-order chi connectivity index (χ1) is 14.5. The molecular formula is C24H20N2O4. The summed E-state index contributed by atoms with van der Waals surface area (Å²) in [6.45, 7) is 2.44. The van der Waals surface area contributed by atoms with Gasteiger partial charge >= 0.3 is 0 Å². The molecule has 0 aliphatic carbocycles. The molecule has 0 unspecified atom stereocenters. The maximum absolute atomic E-state index is 11.0. The zero-order chi connectivity index (χ0) is 21.5. The van der Waals surface area contributed by atoms with Gasteiger partial charge in [-0.15, -0.1) is 0 Å². The minimum absolute atomic E-state index is 0.0638. The van der Waals surface area contributed by atoms with Crippen LogP contribution in [0.1, 0.15) is 22.3 Å². The van der Waals surface area contributed by atoms with E-state index in [0.717, 1.165) is 11.1 Å². The van der Waals surface area contributed by atoms with Gasteiger partial charge in [-0.2, -0.15) is 5.26 Å². The monoisotopic (exact) mass is 400 g/mol. The fourth-order valence-electron chi connectivity index (χ4n) is 2.87. The van der Waals surface area contributed by atoms with E-state index in [-0.39, 0.29) is 5.69 Å². The summed E-state index contributed by atoms with van der Waals surface area (Å²) in [7, 11) is 1.55. The topological polar surface area (TPSA) is 85.4 Å². The number of allylic oxidation sites excluding steroid dienone is 1. The molecule has 0 amide bonds. The molecule has 0 atom stereocenters. The van der Waals surface area contributed by atoms with Crippen LogP contribution in [-0.4, -0.2) is 12.0 Å². The van der Waals surface area contributed by atoms with Crippen LogP contribution < -0.4 is 9.47 Å². The molecule has 0 fully saturated rings. The van der Waals surface area contributed by atoms with Crippen LogP contribution in [-0.2, 0) is 6.61 Å². The van der Waals surface area contributed by atoms with E-state index >= 15 is 0 Å². The van der Waals surface area contributed by atoms with Crippen LogP contribution in [0.15, 0.2) is 66.7 Å². The zero-order valence-corrected chi connectivity index (χ0v) is 16.7. The molecule has 30 heavy (non-hydrogen) atoms. The second kappa shape index (κ2) is 9.39. The van der Waals surface area contributed by atoms with E-state index in [1.807, 2.05) is 37.3 Å². The van der Waals surface area contributed by atoms with Crippen molar-refractivity contribution in [3.05, 3.63) is 99.1 Å². The van der Waals surface area contributed by atoms with Gasteiger partial charge in [0.15, 0.2) is 11.5 Å². The number of nitro benzene ring substituents is 1. The summed E-state index contributed by atoms with van der Waals surface area (Å²) >= 11 is 0. The van der Waals surface area contributed by atoms with E-state index in [1.54, 1.807) is 37.5 Å². The van der Waals surface area contributed by atoms with E-state index in [9.17, 15) is 15.4 Å². The first kappa shape index (κ1) is 20.6. The molecule has 0 aromatic heterocycles. The average molecular weight is 400 g/mol. The van der Waals surface area contributed by atoms with Gasteiger partial charge in [-0.05, 0) is 41.8 Å². The van der Waals surface area contributed by atoms with Crippen LogP contribution in [0.4, 0.5) is 5.69 Å². The average Bonchev–Trinajstić information content (AvgIpc) is 2.77. The number of hydrogen-bond acceptors (Lipinski definition) is 5. The van der Waals surface area contributed by atoms with Crippen LogP contribution in [0.2, 0.25) is 0 Å². The second-order valence-electron chi connectivity index (χ2n) is 6.66. The number of rotatable bonds is 7. The predicted octanol–water partition coefficient (Wildman–Crippen LogP) is 5.56. The Bertz CT molecular complexity index is 1130. The summed E-state index contributed by atoms with van der Waals surface area (Å²) in [6, 6.07) is 21.5. The summed E-state index contributed by atoms with van der Waals surface area (Å²) in [6.07, 6.45) is 1.66. The fourth-order valence-corrected chi connectivity index (χ4v) is 2.87. The third-order valence-corrected chi connectivity index (χ3v) is 4.50. The second-order valence-corrected chi connectivity index (χ2v) is 6.66. The normalized spacial score (nSPS) is 10.9. The standard InChI is InChI=1S/C24H20N2O4/c1-17-6-8-18(9-7-17)16-30-23-11-10-19(13-24(23)29-2)12-21(15-25)20-4-3-5-22(14-20)26(27)28/h3-14H,16H2,1-2H3/b21-12-. The highest BCUT2D eigenvalue weighted by molar-refractivity contribution is 5.90. The number of aryl methyl sites for hydroxylation is 1. The Morgan fingerprint density at radius 2 is 1.87 bits per heavy atom.